The predicted molar refractivity (Wildman–Crippen MR) is 76.2 cm³/mol. The second kappa shape index (κ2) is 5.07. The summed E-state index contributed by atoms with van der Waals surface area (Å²) in [4.78, 5) is 1.48. The highest BCUT2D eigenvalue weighted by Crippen LogP contribution is 2.27. The van der Waals surface area contributed by atoms with Crippen molar-refractivity contribution in [1.29, 1.82) is 0 Å². The number of fused-ring (bicyclic) bond motifs is 1. The van der Waals surface area contributed by atoms with Crippen LogP contribution in [0.25, 0.3) is 10.1 Å². The number of nitrogens with two attached hydrogens (primary N) is 1. The molecule has 3 rings (SSSR count). The number of hydrogen-bond acceptors (Lipinski definition) is 5. The molecule has 0 aliphatic carbocycles. The summed E-state index contributed by atoms with van der Waals surface area (Å²) in [6.07, 6.45) is 1.63. The van der Waals surface area contributed by atoms with Gasteiger partial charge in [0, 0.05) is 11.1 Å². The van der Waals surface area contributed by atoms with Crippen LogP contribution in [0.3, 0.4) is 0 Å². The van der Waals surface area contributed by atoms with Gasteiger partial charge < -0.3 is 5.73 Å². The van der Waals surface area contributed by atoms with Crippen molar-refractivity contribution in [2.75, 3.05) is 6.54 Å². The van der Waals surface area contributed by atoms with Gasteiger partial charge in [-0.1, -0.05) is 6.07 Å². The number of aryl methyl sites for hydroxylation is 1. The van der Waals surface area contributed by atoms with Crippen molar-refractivity contribution in [2.45, 2.75) is 12.8 Å². The lowest BCUT2D eigenvalue weighted by molar-refractivity contribution is 0.628. The van der Waals surface area contributed by atoms with E-state index >= 15 is 0 Å². The normalized spacial score (nSPS) is 11.3. The molecule has 5 nitrogen and oxygen atoms in total. The van der Waals surface area contributed by atoms with Crippen LogP contribution in [0.2, 0.25) is 0 Å². The maximum atomic E-state index is 5.65. The molecule has 98 valence electrons. The van der Waals surface area contributed by atoms with E-state index in [2.05, 4.69) is 39.0 Å². The maximum absolute atomic E-state index is 5.65. The van der Waals surface area contributed by atoms with Crippen LogP contribution >= 0.6 is 11.3 Å². The van der Waals surface area contributed by atoms with Gasteiger partial charge in [-0.3, -0.25) is 0 Å². The smallest absolute Gasteiger partial charge is 0.179 e. The number of thiophene rings is 1. The van der Waals surface area contributed by atoms with Crippen molar-refractivity contribution in [3.05, 3.63) is 40.5 Å². The molecule has 0 saturated heterocycles. The molecule has 19 heavy (non-hydrogen) atoms. The van der Waals surface area contributed by atoms with Gasteiger partial charge in [-0.15, -0.1) is 21.5 Å². The van der Waals surface area contributed by atoms with Gasteiger partial charge in [0.1, 0.15) is 0 Å². The number of hydrogen-bond donors (Lipinski definition) is 1. The van der Waals surface area contributed by atoms with Crippen LogP contribution in [-0.4, -0.2) is 26.8 Å². The third-order valence-electron chi connectivity index (χ3n) is 3.04. The second-order valence-electron chi connectivity index (χ2n) is 4.50. The Morgan fingerprint density at radius 1 is 1.37 bits per heavy atom. The zero-order chi connectivity index (χ0) is 13.2. The van der Waals surface area contributed by atoms with Gasteiger partial charge in [0.2, 0.25) is 0 Å². The lowest BCUT2D eigenvalue weighted by atomic mass is 10.1. The molecule has 0 amide bonds. The Hall–Kier alpha value is -1.79. The zero-order valence-corrected chi connectivity index (χ0v) is 11.5. The summed E-state index contributed by atoms with van der Waals surface area (Å²) in [5.41, 5.74) is 8.18. The van der Waals surface area contributed by atoms with E-state index in [-0.39, 0.29) is 0 Å². The SMILES string of the molecule is Cn1nnc(Cc2ccc3scc(CCN)c3c2)n1. The highest BCUT2D eigenvalue weighted by molar-refractivity contribution is 7.17. The largest absolute Gasteiger partial charge is 0.330 e. The summed E-state index contributed by atoms with van der Waals surface area (Å²) in [5, 5.41) is 15.6. The Morgan fingerprint density at radius 3 is 3.00 bits per heavy atom. The third kappa shape index (κ3) is 2.50. The molecular weight excluding hydrogens is 258 g/mol. The standard InChI is InChI=1S/C13H15N5S/c1-18-16-13(15-17-18)7-9-2-3-12-11(6-9)10(4-5-14)8-19-12/h2-3,6,8H,4-5,7,14H2,1H3. The van der Waals surface area contributed by atoms with Crippen LogP contribution in [0.15, 0.2) is 23.6 Å². The van der Waals surface area contributed by atoms with Crippen LogP contribution in [-0.2, 0) is 19.9 Å². The molecule has 0 unspecified atom stereocenters. The third-order valence-corrected chi connectivity index (χ3v) is 4.06. The first-order valence-corrected chi connectivity index (χ1v) is 7.06. The second-order valence-corrected chi connectivity index (χ2v) is 5.41. The average molecular weight is 273 g/mol. The molecular formula is C13H15N5S. The Kier molecular flexibility index (Phi) is 3.27. The van der Waals surface area contributed by atoms with Gasteiger partial charge in [0.05, 0.1) is 7.05 Å². The van der Waals surface area contributed by atoms with Gasteiger partial charge in [0.15, 0.2) is 5.82 Å². The van der Waals surface area contributed by atoms with E-state index in [0.717, 1.165) is 12.2 Å². The average Bonchev–Trinajstić information content (AvgIpc) is 2.97. The fourth-order valence-corrected chi connectivity index (χ4v) is 3.14. The number of benzene rings is 1. The Bertz CT molecular complexity index is 700. The number of rotatable bonds is 4. The Balaban J connectivity index is 1.93. The summed E-state index contributed by atoms with van der Waals surface area (Å²) in [5.74, 6) is 0.748. The predicted octanol–water partition coefficient (Wildman–Crippen LogP) is 1.52. The Labute approximate surface area is 115 Å². The molecule has 0 fully saturated rings. The van der Waals surface area contributed by atoms with Crippen LogP contribution in [0.4, 0.5) is 0 Å². The minimum Gasteiger partial charge on any atom is -0.330 e. The molecule has 2 heterocycles. The molecule has 0 aliphatic heterocycles. The lowest BCUT2D eigenvalue weighted by Crippen LogP contribution is -2.01. The molecule has 0 spiro atoms. The van der Waals surface area contributed by atoms with E-state index in [4.69, 9.17) is 5.73 Å². The number of aromatic nitrogens is 4. The molecule has 0 atom stereocenters. The molecule has 0 saturated carbocycles. The molecule has 0 aliphatic rings. The van der Waals surface area contributed by atoms with Gasteiger partial charge in [0.25, 0.3) is 0 Å². The van der Waals surface area contributed by atoms with E-state index < -0.39 is 0 Å². The molecule has 0 bridgehead atoms. The Morgan fingerprint density at radius 2 is 2.26 bits per heavy atom. The first kappa shape index (κ1) is 12.3. The van der Waals surface area contributed by atoms with Crippen molar-refractivity contribution in [2.24, 2.45) is 12.8 Å². The van der Waals surface area contributed by atoms with Crippen LogP contribution in [0.5, 0.6) is 0 Å². The zero-order valence-electron chi connectivity index (χ0n) is 10.7. The van der Waals surface area contributed by atoms with E-state index in [1.54, 1.807) is 18.4 Å². The lowest BCUT2D eigenvalue weighted by Gasteiger charge is -2.00. The van der Waals surface area contributed by atoms with E-state index in [9.17, 15) is 0 Å². The first-order chi connectivity index (χ1) is 9.26. The summed E-state index contributed by atoms with van der Waals surface area (Å²) < 4.78 is 1.30. The van der Waals surface area contributed by atoms with Gasteiger partial charge in [-0.25, -0.2) is 0 Å². The van der Waals surface area contributed by atoms with Crippen molar-refractivity contribution in [1.82, 2.24) is 20.2 Å². The van der Waals surface area contributed by atoms with Gasteiger partial charge in [-0.2, -0.15) is 4.80 Å². The summed E-state index contributed by atoms with van der Waals surface area (Å²) in [6.45, 7) is 0.682. The fraction of sp³-hybridized carbons (Fsp3) is 0.308. The summed E-state index contributed by atoms with van der Waals surface area (Å²) in [7, 11) is 1.78. The van der Waals surface area contributed by atoms with Crippen molar-refractivity contribution >= 4 is 21.4 Å². The number of tetrazole rings is 1. The monoisotopic (exact) mass is 273 g/mol. The number of nitrogens with zero attached hydrogens (tertiary/aromatic N) is 4. The molecule has 1 aromatic carbocycles. The molecule has 2 aromatic heterocycles. The summed E-state index contributed by atoms with van der Waals surface area (Å²) >= 11 is 1.77. The van der Waals surface area contributed by atoms with E-state index in [1.165, 1.54) is 26.0 Å². The van der Waals surface area contributed by atoms with Gasteiger partial charge in [-0.05, 0) is 52.2 Å². The summed E-state index contributed by atoms with van der Waals surface area (Å²) in [6, 6.07) is 6.50. The highest BCUT2D eigenvalue weighted by atomic mass is 32.1. The van der Waals surface area contributed by atoms with Crippen molar-refractivity contribution in [3.63, 3.8) is 0 Å². The fourth-order valence-electron chi connectivity index (χ4n) is 2.16. The van der Waals surface area contributed by atoms with E-state index in [1.807, 2.05) is 0 Å². The quantitative estimate of drug-likeness (QED) is 0.782. The van der Waals surface area contributed by atoms with Crippen LogP contribution in [0, 0.1) is 0 Å². The molecule has 6 heteroatoms. The van der Waals surface area contributed by atoms with Crippen LogP contribution < -0.4 is 5.73 Å². The van der Waals surface area contributed by atoms with Crippen LogP contribution in [0.1, 0.15) is 17.0 Å². The first-order valence-electron chi connectivity index (χ1n) is 6.18. The minimum atomic E-state index is 0.682. The highest BCUT2D eigenvalue weighted by Gasteiger charge is 2.07. The van der Waals surface area contributed by atoms with Crippen molar-refractivity contribution in [3.8, 4) is 0 Å². The van der Waals surface area contributed by atoms with E-state index in [0.29, 0.717) is 13.0 Å². The molecule has 2 N–H and O–H groups in total. The molecule has 3 aromatic rings. The topological polar surface area (TPSA) is 69.6 Å². The van der Waals surface area contributed by atoms with Crippen molar-refractivity contribution < 1.29 is 0 Å². The van der Waals surface area contributed by atoms with Gasteiger partial charge >= 0.3 is 0 Å². The maximum Gasteiger partial charge on any atom is 0.179 e. The minimum absolute atomic E-state index is 0.682. The molecule has 0 radical (unpaired) electrons.